The number of halogens is 2. The Morgan fingerprint density at radius 2 is 2.05 bits per heavy atom. The predicted molar refractivity (Wildman–Crippen MR) is 75.0 cm³/mol. The van der Waals surface area contributed by atoms with Crippen LogP contribution in [0.1, 0.15) is 29.6 Å². The Morgan fingerprint density at radius 3 is 2.68 bits per heavy atom. The smallest absolute Gasteiger partial charge is 0.283 e. The zero-order valence-electron chi connectivity index (χ0n) is 10.2. The summed E-state index contributed by atoms with van der Waals surface area (Å²) in [4.78, 5) is 22.1. The summed E-state index contributed by atoms with van der Waals surface area (Å²) in [5.41, 5.74) is -0.378. The summed E-state index contributed by atoms with van der Waals surface area (Å²) in [5, 5.41) is 13.5. The summed E-state index contributed by atoms with van der Waals surface area (Å²) in [6.07, 6.45) is 2.55. The molecule has 0 unspecified atom stereocenters. The summed E-state index contributed by atoms with van der Waals surface area (Å²) in [7, 11) is 0. The van der Waals surface area contributed by atoms with Gasteiger partial charge in [-0.15, -0.1) is 11.6 Å². The maximum Gasteiger partial charge on any atom is 0.283 e. The Labute approximate surface area is 121 Å². The van der Waals surface area contributed by atoms with Crippen LogP contribution in [0.5, 0.6) is 0 Å². The number of carbonyl (C=O) groups excluding carboxylic acids is 1. The summed E-state index contributed by atoms with van der Waals surface area (Å²) in [6.45, 7) is 0.443. The van der Waals surface area contributed by atoms with Gasteiger partial charge in [0.05, 0.1) is 9.95 Å². The maximum atomic E-state index is 11.9. The SMILES string of the molecule is O=C(NCCCCCCl)c1c(Cl)cccc1[N+](=O)[O-]. The summed E-state index contributed by atoms with van der Waals surface area (Å²) < 4.78 is 0. The van der Waals surface area contributed by atoms with Gasteiger partial charge in [0, 0.05) is 18.5 Å². The first-order chi connectivity index (χ1) is 9.07. The van der Waals surface area contributed by atoms with Gasteiger partial charge in [0.2, 0.25) is 0 Å². The monoisotopic (exact) mass is 304 g/mol. The van der Waals surface area contributed by atoms with E-state index in [1.807, 2.05) is 0 Å². The normalized spacial score (nSPS) is 10.2. The van der Waals surface area contributed by atoms with Gasteiger partial charge < -0.3 is 5.32 Å². The number of hydrogen-bond acceptors (Lipinski definition) is 3. The van der Waals surface area contributed by atoms with Crippen LogP contribution in [-0.2, 0) is 0 Å². The minimum Gasteiger partial charge on any atom is -0.352 e. The standard InChI is InChI=1S/C12H14Cl2N2O3/c13-7-2-1-3-8-15-12(17)11-9(14)5-4-6-10(11)16(18)19/h4-6H,1-3,7-8H2,(H,15,17). The first kappa shape index (κ1) is 15.7. The van der Waals surface area contributed by atoms with Gasteiger partial charge in [0.25, 0.3) is 11.6 Å². The third-order valence-corrected chi connectivity index (χ3v) is 3.09. The van der Waals surface area contributed by atoms with E-state index in [1.54, 1.807) is 0 Å². The molecule has 0 saturated carbocycles. The number of rotatable bonds is 7. The Balaban J connectivity index is 2.68. The van der Waals surface area contributed by atoms with Crippen LogP contribution >= 0.6 is 23.2 Å². The van der Waals surface area contributed by atoms with Crippen molar-refractivity contribution in [3.63, 3.8) is 0 Å². The molecule has 0 aliphatic carbocycles. The second kappa shape index (κ2) is 7.96. The fraction of sp³-hybridized carbons (Fsp3) is 0.417. The summed E-state index contributed by atoms with van der Waals surface area (Å²) in [5.74, 6) is 0.0624. The van der Waals surface area contributed by atoms with Gasteiger partial charge in [-0.2, -0.15) is 0 Å². The number of hydrogen-bond donors (Lipinski definition) is 1. The Morgan fingerprint density at radius 1 is 1.32 bits per heavy atom. The van der Waals surface area contributed by atoms with Gasteiger partial charge in [-0.1, -0.05) is 24.1 Å². The first-order valence-electron chi connectivity index (χ1n) is 5.85. The molecular weight excluding hydrogens is 291 g/mol. The van der Waals surface area contributed by atoms with Gasteiger partial charge in [0.1, 0.15) is 5.56 Å². The Hall–Kier alpha value is -1.33. The van der Waals surface area contributed by atoms with E-state index in [-0.39, 0.29) is 16.3 Å². The van der Waals surface area contributed by atoms with Gasteiger partial charge >= 0.3 is 0 Å². The average Bonchev–Trinajstić information content (AvgIpc) is 2.37. The Kier molecular flexibility index (Phi) is 6.59. The number of alkyl halides is 1. The van der Waals surface area contributed by atoms with Crippen molar-refractivity contribution >= 4 is 34.8 Å². The van der Waals surface area contributed by atoms with Crippen molar-refractivity contribution in [2.45, 2.75) is 19.3 Å². The van der Waals surface area contributed by atoms with E-state index in [4.69, 9.17) is 23.2 Å². The van der Waals surface area contributed by atoms with Crippen LogP contribution in [0.2, 0.25) is 5.02 Å². The van der Waals surface area contributed by atoms with E-state index >= 15 is 0 Å². The number of benzene rings is 1. The number of nitrogens with one attached hydrogen (secondary N) is 1. The van der Waals surface area contributed by atoms with E-state index in [0.717, 1.165) is 19.3 Å². The molecule has 1 aromatic carbocycles. The molecule has 0 aliphatic rings. The molecule has 0 saturated heterocycles. The van der Waals surface area contributed by atoms with Crippen LogP contribution in [0.25, 0.3) is 0 Å². The van der Waals surface area contributed by atoms with Crippen LogP contribution in [0.4, 0.5) is 5.69 Å². The molecule has 0 radical (unpaired) electrons. The number of nitrogens with zero attached hydrogens (tertiary/aromatic N) is 1. The highest BCUT2D eigenvalue weighted by atomic mass is 35.5. The maximum absolute atomic E-state index is 11.9. The Bertz CT molecular complexity index is 466. The number of amides is 1. The van der Waals surface area contributed by atoms with Crippen molar-refractivity contribution in [3.05, 3.63) is 38.9 Å². The topological polar surface area (TPSA) is 72.2 Å². The van der Waals surface area contributed by atoms with E-state index in [2.05, 4.69) is 5.32 Å². The molecule has 0 atom stereocenters. The molecule has 1 aromatic rings. The van der Waals surface area contributed by atoms with Gasteiger partial charge in [-0.3, -0.25) is 14.9 Å². The molecule has 1 rings (SSSR count). The van der Waals surface area contributed by atoms with Crippen LogP contribution in [0, 0.1) is 10.1 Å². The predicted octanol–water partition coefficient (Wildman–Crippen LogP) is 3.39. The number of nitro groups is 1. The molecule has 0 spiro atoms. The minimum atomic E-state index is -0.617. The fourth-order valence-corrected chi connectivity index (χ4v) is 2.02. The third-order valence-electron chi connectivity index (χ3n) is 2.51. The summed E-state index contributed by atoms with van der Waals surface area (Å²) >= 11 is 11.4. The lowest BCUT2D eigenvalue weighted by molar-refractivity contribution is -0.385. The largest absolute Gasteiger partial charge is 0.352 e. The van der Waals surface area contributed by atoms with E-state index in [9.17, 15) is 14.9 Å². The van der Waals surface area contributed by atoms with Crippen molar-refractivity contribution in [2.75, 3.05) is 12.4 Å². The fourth-order valence-electron chi connectivity index (χ4n) is 1.58. The molecule has 0 aliphatic heterocycles. The quantitative estimate of drug-likeness (QED) is 0.363. The molecule has 1 amide bonds. The minimum absolute atomic E-state index is 0.0764. The van der Waals surface area contributed by atoms with Crippen LogP contribution in [-0.4, -0.2) is 23.3 Å². The lowest BCUT2D eigenvalue weighted by Crippen LogP contribution is -2.25. The zero-order chi connectivity index (χ0) is 14.3. The lowest BCUT2D eigenvalue weighted by Gasteiger charge is -2.07. The zero-order valence-corrected chi connectivity index (χ0v) is 11.7. The van der Waals surface area contributed by atoms with Crippen molar-refractivity contribution in [2.24, 2.45) is 0 Å². The second-order valence-corrected chi connectivity index (χ2v) is 4.68. The van der Waals surface area contributed by atoms with Gasteiger partial charge in [0.15, 0.2) is 0 Å². The van der Waals surface area contributed by atoms with E-state index in [1.165, 1.54) is 18.2 Å². The highest BCUT2D eigenvalue weighted by Crippen LogP contribution is 2.25. The number of carbonyl (C=O) groups is 1. The molecule has 104 valence electrons. The van der Waals surface area contributed by atoms with Crippen molar-refractivity contribution in [1.82, 2.24) is 5.32 Å². The van der Waals surface area contributed by atoms with Crippen molar-refractivity contribution < 1.29 is 9.72 Å². The molecule has 19 heavy (non-hydrogen) atoms. The molecule has 7 heteroatoms. The van der Waals surface area contributed by atoms with Crippen LogP contribution in [0.3, 0.4) is 0 Å². The molecule has 1 N–H and O–H groups in total. The summed E-state index contributed by atoms with van der Waals surface area (Å²) in [6, 6.07) is 4.16. The second-order valence-electron chi connectivity index (χ2n) is 3.90. The molecular formula is C12H14Cl2N2O3. The number of unbranched alkanes of at least 4 members (excludes halogenated alkanes) is 2. The van der Waals surface area contributed by atoms with E-state index in [0.29, 0.717) is 12.4 Å². The van der Waals surface area contributed by atoms with E-state index < -0.39 is 10.8 Å². The molecule has 0 aromatic heterocycles. The van der Waals surface area contributed by atoms with Gasteiger partial charge in [-0.05, 0) is 18.9 Å². The molecule has 0 fully saturated rings. The van der Waals surface area contributed by atoms with Crippen molar-refractivity contribution in [3.8, 4) is 0 Å². The average molecular weight is 305 g/mol. The molecule has 0 bridgehead atoms. The van der Waals surface area contributed by atoms with Crippen LogP contribution in [0.15, 0.2) is 18.2 Å². The molecule has 0 heterocycles. The van der Waals surface area contributed by atoms with Gasteiger partial charge in [-0.25, -0.2) is 0 Å². The first-order valence-corrected chi connectivity index (χ1v) is 6.76. The highest BCUT2D eigenvalue weighted by molar-refractivity contribution is 6.34. The lowest BCUT2D eigenvalue weighted by atomic mass is 10.1. The number of nitro benzene ring substituents is 1. The van der Waals surface area contributed by atoms with Crippen molar-refractivity contribution in [1.29, 1.82) is 0 Å². The third kappa shape index (κ3) is 4.69. The molecule has 5 nitrogen and oxygen atoms in total. The highest BCUT2D eigenvalue weighted by Gasteiger charge is 2.22. The van der Waals surface area contributed by atoms with Crippen LogP contribution < -0.4 is 5.32 Å².